The summed E-state index contributed by atoms with van der Waals surface area (Å²) in [6.07, 6.45) is 2.36. The van der Waals surface area contributed by atoms with Crippen LogP contribution < -0.4 is 10.9 Å². The fourth-order valence-electron chi connectivity index (χ4n) is 2.32. The number of aryl methyl sites for hydroxylation is 1. The fraction of sp³-hybridized carbons (Fsp3) is 0.375. The molecular weight excluding hydrogens is 330 g/mol. The Bertz CT molecular complexity index is 819. The minimum absolute atomic E-state index is 0.103. The van der Waals surface area contributed by atoms with E-state index >= 15 is 0 Å². The number of ether oxygens (including phenoxy) is 1. The lowest BCUT2D eigenvalue weighted by Crippen LogP contribution is -2.42. The summed E-state index contributed by atoms with van der Waals surface area (Å²) in [5.41, 5.74) is -0.181. The maximum atomic E-state index is 12.6. The van der Waals surface area contributed by atoms with Crippen LogP contribution in [0.5, 0.6) is 0 Å². The second-order valence-electron chi connectivity index (χ2n) is 5.15. The SMILES string of the molecule is COC(=O)[C@@H](CCSC)NC(=O)c1nn(C)c(=O)c2ccccc12. The zero-order valence-corrected chi connectivity index (χ0v) is 14.6. The number of fused-ring (bicyclic) bond motifs is 1. The number of rotatable bonds is 6. The summed E-state index contributed by atoms with van der Waals surface area (Å²) in [5.74, 6) is -0.327. The van der Waals surface area contributed by atoms with Crippen molar-refractivity contribution in [1.82, 2.24) is 15.1 Å². The van der Waals surface area contributed by atoms with E-state index in [1.807, 2.05) is 6.26 Å². The highest BCUT2D eigenvalue weighted by atomic mass is 32.2. The number of esters is 1. The summed E-state index contributed by atoms with van der Waals surface area (Å²) in [5, 5.41) is 7.56. The molecule has 7 nitrogen and oxygen atoms in total. The summed E-state index contributed by atoms with van der Waals surface area (Å²) in [7, 11) is 2.76. The molecule has 128 valence electrons. The number of hydrogen-bond donors (Lipinski definition) is 1. The summed E-state index contributed by atoms with van der Waals surface area (Å²) in [6.45, 7) is 0. The first-order chi connectivity index (χ1) is 11.5. The zero-order valence-electron chi connectivity index (χ0n) is 13.7. The van der Waals surface area contributed by atoms with Crippen molar-refractivity contribution in [3.63, 3.8) is 0 Å². The van der Waals surface area contributed by atoms with E-state index in [0.717, 1.165) is 4.68 Å². The smallest absolute Gasteiger partial charge is 0.328 e. The van der Waals surface area contributed by atoms with E-state index < -0.39 is 17.9 Å². The number of hydrogen-bond acceptors (Lipinski definition) is 6. The van der Waals surface area contributed by atoms with Gasteiger partial charge >= 0.3 is 5.97 Å². The Kier molecular flexibility index (Phi) is 5.97. The second-order valence-corrected chi connectivity index (χ2v) is 6.14. The summed E-state index contributed by atoms with van der Waals surface area (Å²) in [4.78, 5) is 36.6. The van der Waals surface area contributed by atoms with Crippen molar-refractivity contribution < 1.29 is 14.3 Å². The molecule has 0 unspecified atom stereocenters. The highest BCUT2D eigenvalue weighted by Crippen LogP contribution is 2.13. The second kappa shape index (κ2) is 7.96. The normalized spacial score (nSPS) is 12.0. The molecule has 8 heteroatoms. The van der Waals surface area contributed by atoms with Crippen LogP contribution in [0.25, 0.3) is 10.8 Å². The van der Waals surface area contributed by atoms with E-state index in [9.17, 15) is 14.4 Å². The molecule has 0 bridgehead atoms. The Morgan fingerprint density at radius 2 is 2.00 bits per heavy atom. The van der Waals surface area contributed by atoms with Gasteiger partial charge in [-0.15, -0.1) is 0 Å². The van der Waals surface area contributed by atoms with Crippen molar-refractivity contribution in [3.05, 3.63) is 40.3 Å². The number of nitrogens with zero attached hydrogens (tertiary/aromatic N) is 2. The Morgan fingerprint density at radius 3 is 2.62 bits per heavy atom. The van der Waals surface area contributed by atoms with Gasteiger partial charge in [0.2, 0.25) is 0 Å². The number of aromatic nitrogens is 2. The molecule has 1 aromatic carbocycles. The van der Waals surface area contributed by atoms with Crippen LogP contribution in [0.15, 0.2) is 29.1 Å². The monoisotopic (exact) mass is 349 g/mol. The van der Waals surface area contributed by atoms with Crippen molar-refractivity contribution >= 4 is 34.4 Å². The van der Waals surface area contributed by atoms with Crippen LogP contribution in [0.2, 0.25) is 0 Å². The Hall–Kier alpha value is -2.35. The maximum absolute atomic E-state index is 12.6. The van der Waals surface area contributed by atoms with Gasteiger partial charge in [-0.2, -0.15) is 16.9 Å². The van der Waals surface area contributed by atoms with Gasteiger partial charge in [-0.3, -0.25) is 9.59 Å². The minimum Gasteiger partial charge on any atom is -0.467 e. The van der Waals surface area contributed by atoms with Gasteiger partial charge in [0.1, 0.15) is 6.04 Å². The highest BCUT2D eigenvalue weighted by Gasteiger charge is 2.24. The van der Waals surface area contributed by atoms with E-state index in [2.05, 4.69) is 10.4 Å². The minimum atomic E-state index is -0.757. The van der Waals surface area contributed by atoms with Gasteiger partial charge in [-0.05, 0) is 24.5 Å². The van der Waals surface area contributed by atoms with Crippen LogP contribution in [0.4, 0.5) is 0 Å². The quantitative estimate of drug-likeness (QED) is 0.781. The molecule has 0 spiro atoms. The molecule has 1 amide bonds. The van der Waals surface area contributed by atoms with Crippen LogP contribution in [-0.4, -0.2) is 46.8 Å². The zero-order chi connectivity index (χ0) is 17.7. The Morgan fingerprint density at radius 1 is 1.33 bits per heavy atom. The number of carbonyl (C=O) groups is 2. The third-order valence-corrected chi connectivity index (χ3v) is 4.22. The Labute approximate surface area is 143 Å². The van der Waals surface area contributed by atoms with Crippen LogP contribution in [0.3, 0.4) is 0 Å². The van der Waals surface area contributed by atoms with Crippen LogP contribution in [0, 0.1) is 0 Å². The molecule has 1 atom stereocenters. The standard InChI is InChI=1S/C16H19N3O4S/c1-19-15(21)11-7-5-4-6-10(11)13(18-19)14(20)17-12(8-9-24-3)16(22)23-2/h4-7,12H,8-9H2,1-3H3,(H,17,20)/t12-/m1/s1. The first-order valence-corrected chi connectivity index (χ1v) is 8.72. The van der Waals surface area contributed by atoms with Crippen molar-refractivity contribution in [1.29, 1.82) is 0 Å². The molecule has 0 aliphatic rings. The average molecular weight is 349 g/mol. The van der Waals surface area contributed by atoms with Crippen LogP contribution in [0.1, 0.15) is 16.9 Å². The number of benzene rings is 1. The number of carbonyl (C=O) groups excluding carboxylic acids is 2. The molecule has 0 saturated carbocycles. The van der Waals surface area contributed by atoms with Gasteiger partial charge in [0.15, 0.2) is 5.69 Å². The number of amides is 1. The largest absolute Gasteiger partial charge is 0.467 e. The van der Waals surface area contributed by atoms with Gasteiger partial charge < -0.3 is 10.1 Å². The van der Waals surface area contributed by atoms with E-state index in [4.69, 9.17) is 4.74 Å². The average Bonchev–Trinajstić information content (AvgIpc) is 2.60. The molecule has 0 radical (unpaired) electrons. The van der Waals surface area contributed by atoms with Crippen molar-refractivity contribution in [2.75, 3.05) is 19.1 Å². The topological polar surface area (TPSA) is 90.3 Å². The molecule has 0 aliphatic carbocycles. The van der Waals surface area contributed by atoms with Gasteiger partial charge in [0.05, 0.1) is 12.5 Å². The third kappa shape index (κ3) is 3.76. The van der Waals surface area contributed by atoms with Crippen molar-refractivity contribution in [2.24, 2.45) is 7.05 Å². The van der Waals surface area contributed by atoms with Gasteiger partial charge in [-0.25, -0.2) is 9.48 Å². The maximum Gasteiger partial charge on any atom is 0.328 e. The van der Waals surface area contributed by atoms with E-state index in [0.29, 0.717) is 22.9 Å². The van der Waals surface area contributed by atoms with Gasteiger partial charge in [0.25, 0.3) is 11.5 Å². The lowest BCUT2D eigenvalue weighted by Gasteiger charge is -2.16. The molecule has 24 heavy (non-hydrogen) atoms. The summed E-state index contributed by atoms with van der Waals surface area (Å²) >= 11 is 1.57. The van der Waals surface area contributed by atoms with Gasteiger partial charge in [0, 0.05) is 12.4 Å². The van der Waals surface area contributed by atoms with E-state index in [1.54, 1.807) is 36.0 Å². The summed E-state index contributed by atoms with van der Waals surface area (Å²) < 4.78 is 5.86. The molecule has 0 aliphatic heterocycles. The van der Waals surface area contributed by atoms with Gasteiger partial charge in [-0.1, -0.05) is 18.2 Å². The lowest BCUT2D eigenvalue weighted by molar-refractivity contribution is -0.142. The van der Waals surface area contributed by atoms with Crippen molar-refractivity contribution in [2.45, 2.75) is 12.5 Å². The molecule has 0 saturated heterocycles. The molecule has 2 aromatic rings. The fourth-order valence-corrected chi connectivity index (χ4v) is 2.79. The molecule has 0 fully saturated rings. The lowest BCUT2D eigenvalue weighted by atomic mass is 10.1. The first kappa shape index (κ1) is 18.0. The van der Waals surface area contributed by atoms with E-state index in [1.165, 1.54) is 14.2 Å². The molecule has 1 heterocycles. The van der Waals surface area contributed by atoms with Crippen LogP contribution >= 0.6 is 11.8 Å². The van der Waals surface area contributed by atoms with Crippen LogP contribution in [-0.2, 0) is 16.6 Å². The predicted molar refractivity (Wildman–Crippen MR) is 93.3 cm³/mol. The number of methoxy groups -OCH3 is 1. The predicted octanol–water partition coefficient (Wildman–Crippen LogP) is 0.958. The molecule has 1 aromatic heterocycles. The first-order valence-electron chi connectivity index (χ1n) is 7.33. The molecular formula is C16H19N3O4S. The van der Waals surface area contributed by atoms with E-state index in [-0.39, 0.29) is 11.3 Å². The number of nitrogens with one attached hydrogen (secondary N) is 1. The number of thioether (sulfide) groups is 1. The highest BCUT2D eigenvalue weighted by molar-refractivity contribution is 7.98. The third-order valence-electron chi connectivity index (χ3n) is 3.57. The molecule has 2 rings (SSSR count). The van der Waals surface area contributed by atoms with Crippen molar-refractivity contribution in [3.8, 4) is 0 Å². The molecule has 1 N–H and O–H groups in total. The summed E-state index contributed by atoms with van der Waals surface area (Å²) in [6, 6.07) is 6.00. The Balaban J connectivity index is 2.38.